The van der Waals surface area contributed by atoms with E-state index in [1.807, 2.05) is 43.3 Å². The van der Waals surface area contributed by atoms with Crippen LogP contribution in [-0.2, 0) is 0 Å². The molecule has 0 atom stereocenters. The molecule has 2 rings (SSSR count). The first-order valence-electron chi connectivity index (χ1n) is 5.66. The van der Waals surface area contributed by atoms with Gasteiger partial charge in [-0.2, -0.15) is 0 Å². The second-order valence-electron chi connectivity index (χ2n) is 4.30. The molecule has 0 saturated carbocycles. The van der Waals surface area contributed by atoms with Crippen LogP contribution in [-0.4, -0.2) is 30.4 Å². The van der Waals surface area contributed by atoms with Crippen molar-refractivity contribution in [2.24, 2.45) is 4.99 Å². The Hall–Kier alpha value is -2.36. The smallest absolute Gasteiger partial charge is 0.0887 e. The molecule has 3 N–H and O–H groups in total. The van der Waals surface area contributed by atoms with Crippen LogP contribution in [0, 0.1) is 5.41 Å². The van der Waals surface area contributed by atoms with Gasteiger partial charge in [-0.3, -0.25) is 5.41 Å². The molecular weight excluding hydrogens is 224 g/mol. The Morgan fingerprint density at radius 2 is 1.78 bits per heavy atom. The first-order chi connectivity index (χ1) is 8.56. The van der Waals surface area contributed by atoms with Crippen LogP contribution in [0.2, 0.25) is 0 Å². The molecule has 0 heterocycles. The predicted molar refractivity (Wildman–Crippen MR) is 76.6 cm³/mol. The Balaban J connectivity index is 2.24. The Morgan fingerprint density at radius 1 is 1.11 bits per heavy atom. The van der Waals surface area contributed by atoms with Gasteiger partial charge >= 0.3 is 0 Å². The van der Waals surface area contributed by atoms with Gasteiger partial charge in [-0.25, -0.2) is 4.99 Å². The molecule has 0 saturated heterocycles. The fraction of sp³-hybridized carbons (Fsp3) is 0.143. The number of nitrogens with zero attached hydrogens (tertiary/aromatic N) is 2. The third-order valence-corrected chi connectivity index (χ3v) is 2.64. The molecule has 18 heavy (non-hydrogen) atoms. The molecule has 92 valence electrons. The summed E-state index contributed by atoms with van der Waals surface area (Å²) in [5, 5.41) is 7.95. The SMILES string of the molecule is CN(C)C1=CC(=N)C(=Nc2ccc(N)cc2)C=C1. The standard InChI is InChI=1S/C14H16N4/c1-18(2)12-7-8-14(13(16)9-12)17-11-5-3-10(15)4-6-11/h3-9,16H,15H2,1-2H3. The van der Waals surface area contributed by atoms with Crippen molar-refractivity contribution in [1.29, 1.82) is 5.41 Å². The Morgan fingerprint density at radius 3 is 2.33 bits per heavy atom. The summed E-state index contributed by atoms with van der Waals surface area (Å²) >= 11 is 0. The van der Waals surface area contributed by atoms with Gasteiger partial charge in [-0.1, -0.05) is 0 Å². The van der Waals surface area contributed by atoms with Crippen molar-refractivity contribution in [3.05, 3.63) is 48.2 Å². The third kappa shape index (κ3) is 2.66. The zero-order valence-electron chi connectivity index (χ0n) is 10.5. The highest BCUT2D eigenvalue weighted by molar-refractivity contribution is 6.50. The van der Waals surface area contributed by atoms with Crippen molar-refractivity contribution in [2.75, 3.05) is 19.8 Å². The lowest BCUT2D eigenvalue weighted by Crippen LogP contribution is -2.18. The van der Waals surface area contributed by atoms with Gasteiger partial charge in [0.25, 0.3) is 0 Å². The van der Waals surface area contributed by atoms with Crippen molar-refractivity contribution >= 4 is 22.8 Å². The maximum atomic E-state index is 7.95. The number of aliphatic imine (C=N–C) groups is 1. The number of nitrogen functional groups attached to an aromatic ring is 1. The van der Waals surface area contributed by atoms with Crippen molar-refractivity contribution in [3.8, 4) is 0 Å². The van der Waals surface area contributed by atoms with E-state index in [1.165, 1.54) is 0 Å². The van der Waals surface area contributed by atoms with Crippen LogP contribution >= 0.6 is 0 Å². The Labute approximate surface area is 107 Å². The minimum Gasteiger partial charge on any atom is -0.399 e. The van der Waals surface area contributed by atoms with E-state index in [9.17, 15) is 0 Å². The topological polar surface area (TPSA) is 65.5 Å². The summed E-state index contributed by atoms with van der Waals surface area (Å²) in [5.41, 5.74) is 9.20. The van der Waals surface area contributed by atoms with Gasteiger partial charge in [0, 0.05) is 25.5 Å². The molecule has 0 bridgehead atoms. The molecule has 0 radical (unpaired) electrons. The van der Waals surface area contributed by atoms with Crippen molar-refractivity contribution in [3.63, 3.8) is 0 Å². The predicted octanol–water partition coefficient (Wildman–Crippen LogP) is 2.38. The molecular formula is C14H16N4. The summed E-state index contributed by atoms with van der Waals surface area (Å²) in [4.78, 5) is 6.38. The molecule has 0 fully saturated rings. The van der Waals surface area contributed by atoms with Crippen LogP contribution in [0.1, 0.15) is 0 Å². The van der Waals surface area contributed by atoms with E-state index in [2.05, 4.69) is 4.99 Å². The fourth-order valence-corrected chi connectivity index (χ4v) is 1.59. The summed E-state index contributed by atoms with van der Waals surface area (Å²) in [6.45, 7) is 0. The molecule has 0 unspecified atom stereocenters. The Bertz CT molecular complexity index is 548. The van der Waals surface area contributed by atoms with Crippen LogP contribution in [0.4, 0.5) is 11.4 Å². The van der Waals surface area contributed by atoms with E-state index in [-0.39, 0.29) is 0 Å². The van der Waals surface area contributed by atoms with Crippen LogP contribution in [0.15, 0.2) is 53.2 Å². The lowest BCUT2D eigenvalue weighted by atomic mass is 10.1. The molecule has 0 aliphatic heterocycles. The molecule has 1 aromatic rings. The van der Waals surface area contributed by atoms with Gasteiger partial charge in [0.15, 0.2) is 0 Å². The van der Waals surface area contributed by atoms with E-state index in [0.717, 1.165) is 11.4 Å². The largest absolute Gasteiger partial charge is 0.399 e. The summed E-state index contributed by atoms with van der Waals surface area (Å²) in [5.74, 6) is 0. The van der Waals surface area contributed by atoms with Crippen LogP contribution in [0.5, 0.6) is 0 Å². The maximum absolute atomic E-state index is 7.95. The average Bonchev–Trinajstić information content (AvgIpc) is 2.34. The molecule has 0 aromatic heterocycles. The first kappa shape index (κ1) is 12.1. The van der Waals surface area contributed by atoms with Gasteiger partial charge in [-0.05, 0) is 42.5 Å². The lowest BCUT2D eigenvalue weighted by molar-refractivity contribution is 0.530. The van der Waals surface area contributed by atoms with Crippen LogP contribution < -0.4 is 5.73 Å². The fourth-order valence-electron chi connectivity index (χ4n) is 1.59. The molecule has 1 aliphatic rings. The third-order valence-electron chi connectivity index (χ3n) is 2.64. The first-order valence-corrected chi connectivity index (χ1v) is 5.66. The van der Waals surface area contributed by atoms with Gasteiger partial charge in [0.05, 0.1) is 17.1 Å². The second kappa shape index (κ2) is 4.87. The molecule has 4 heteroatoms. The van der Waals surface area contributed by atoms with Gasteiger partial charge < -0.3 is 10.6 Å². The second-order valence-corrected chi connectivity index (χ2v) is 4.30. The number of benzene rings is 1. The average molecular weight is 240 g/mol. The number of hydrogen-bond acceptors (Lipinski definition) is 4. The molecule has 0 amide bonds. The Kier molecular flexibility index (Phi) is 3.28. The summed E-state index contributed by atoms with van der Waals surface area (Å²) in [6.07, 6.45) is 5.61. The highest BCUT2D eigenvalue weighted by atomic mass is 15.1. The zero-order valence-corrected chi connectivity index (χ0v) is 10.5. The molecule has 1 aliphatic carbocycles. The zero-order chi connectivity index (χ0) is 13.1. The van der Waals surface area contributed by atoms with E-state index >= 15 is 0 Å². The maximum Gasteiger partial charge on any atom is 0.0887 e. The lowest BCUT2D eigenvalue weighted by Gasteiger charge is -2.17. The number of nitrogens with one attached hydrogen (secondary N) is 1. The number of hydrogen-bond donors (Lipinski definition) is 2. The van der Waals surface area contributed by atoms with Gasteiger partial charge in [-0.15, -0.1) is 0 Å². The number of likely N-dealkylation sites (N-methyl/N-ethyl adjacent to an activating group) is 1. The van der Waals surface area contributed by atoms with Crippen LogP contribution in [0.3, 0.4) is 0 Å². The minimum atomic E-state index is 0.415. The number of rotatable bonds is 2. The molecule has 1 aromatic carbocycles. The van der Waals surface area contributed by atoms with Crippen molar-refractivity contribution in [2.45, 2.75) is 0 Å². The van der Waals surface area contributed by atoms with E-state index in [1.54, 1.807) is 18.2 Å². The number of nitrogens with two attached hydrogens (primary N) is 1. The molecule has 4 nitrogen and oxygen atoms in total. The highest BCUT2D eigenvalue weighted by Gasteiger charge is 2.09. The highest BCUT2D eigenvalue weighted by Crippen LogP contribution is 2.16. The summed E-state index contributed by atoms with van der Waals surface area (Å²) in [7, 11) is 3.90. The number of anilines is 1. The monoisotopic (exact) mass is 240 g/mol. The summed E-state index contributed by atoms with van der Waals surface area (Å²) < 4.78 is 0. The van der Waals surface area contributed by atoms with Crippen LogP contribution in [0.25, 0.3) is 0 Å². The quantitative estimate of drug-likeness (QED) is 0.615. The summed E-state index contributed by atoms with van der Waals surface area (Å²) in [6, 6.07) is 7.29. The van der Waals surface area contributed by atoms with Crippen molar-refractivity contribution < 1.29 is 0 Å². The van der Waals surface area contributed by atoms with Crippen molar-refractivity contribution in [1.82, 2.24) is 4.90 Å². The van der Waals surface area contributed by atoms with Gasteiger partial charge in [0.1, 0.15) is 0 Å². The molecule has 0 spiro atoms. The number of allylic oxidation sites excluding steroid dienone is 3. The van der Waals surface area contributed by atoms with Gasteiger partial charge in [0.2, 0.25) is 0 Å². The van der Waals surface area contributed by atoms with E-state index < -0.39 is 0 Å². The minimum absolute atomic E-state index is 0.415. The normalized spacial score (nSPS) is 16.9. The van der Waals surface area contributed by atoms with E-state index in [4.69, 9.17) is 11.1 Å². The van der Waals surface area contributed by atoms with E-state index in [0.29, 0.717) is 17.1 Å².